The van der Waals surface area contributed by atoms with Gasteiger partial charge in [-0.1, -0.05) is 12.1 Å². The third kappa shape index (κ3) is 3.77. The fourth-order valence-corrected chi connectivity index (χ4v) is 1.52. The van der Waals surface area contributed by atoms with Crippen molar-refractivity contribution < 1.29 is 4.79 Å². The molecule has 0 aliphatic heterocycles. The van der Waals surface area contributed by atoms with Gasteiger partial charge in [0.25, 0.3) is 0 Å². The minimum atomic E-state index is -0.282. The molecule has 0 saturated heterocycles. The first-order valence-corrected chi connectivity index (χ1v) is 5.87. The van der Waals surface area contributed by atoms with Crippen LogP contribution in [0.25, 0.3) is 11.4 Å². The van der Waals surface area contributed by atoms with E-state index in [1.165, 1.54) is 0 Å². The first kappa shape index (κ1) is 13.0. The molecule has 1 aromatic carbocycles. The van der Waals surface area contributed by atoms with E-state index in [0.717, 1.165) is 5.56 Å². The fourth-order valence-electron chi connectivity index (χ4n) is 1.52. The van der Waals surface area contributed by atoms with E-state index in [1.807, 2.05) is 32.9 Å². The maximum Gasteiger partial charge on any atom is 0.319 e. The van der Waals surface area contributed by atoms with Crippen molar-refractivity contribution >= 4 is 11.7 Å². The molecule has 0 radical (unpaired) electrons. The van der Waals surface area contributed by atoms with E-state index in [1.54, 1.807) is 12.1 Å². The van der Waals surface area contributed by atoms with Crippen LogP contribution in [0.15, 0.2) is 24.3 Å². The lowest BCUT2D eigenvalue weighted by molar-refractivity contribution is 0.244. The summed E-state index contributed by atoms with van der Waals surface area (Å²) in [5, 5.41) is 19.3. The number of amides is 2. The Labute approximate surface area is 110 Å². The number of anilines is 1. The van der Waals surface area contributed by atoms with Crippen LogP contribution in [0.3, 0.4) is 0 Å². The summed E-state index contributed by atoms with van der Waals surface area (Å²) in [5.41, 5.74) is 1.17. The van der Waals surface area contributed by atoms with Gasteiger partial charge < -0.3 is 10.6 Å². The van der Waals surface area contributed by atoms with Crippen molar-refractivity contribution in [3.8, 4) is 11.4 Å². The Morgan fingerprint density at radius 1 is 1.32 bits per heavy atom. The van der Waals surface area contributed by atoms with E-state index in [2.05, 4.69) is 31.3 Å². The highest BCUT2D eigenvalue weighted by atomic mass is 16.2. The Morgan fingerprint density at radius 3 is 2.74 bits per heavy atom. The lowest BCUT2D eigenvalue weighted by atomic mass is 10.1. The molecular formula is C12H16N6O. The van der Waals surface area contributed by atoms with E-state index >= 15 is 0 Å². The Kier molecular flexibility index (Phi) is 3.46. The van der Waals surface area contributed by atoms with Gasteiger partial charge >= 0.3 is 6.03 Å². The number of nitrogens with one attached hydrogen (secondary N) is 3. The Bertz CT molecular complexity index is 558. The maximum atomic E-state index is 11.8. The molecule has 1 aromatic heterocycles. The molecule has 100 valence electrons. The zero-order valence-corrected chi connectivity index (χ0v) is 11.1. The van der Waals surface area contributed by atoms with Gasteiger partial charge in [-0.2, -0.15) is 5.21 Å². The van der Waals surface area contributed by atoms with Crippen LogP contribution in [-0.2, 0) is 0 Å². The van der Waals surface area contributed by atoms with Crippen molar-refractivity contribution in [2.24, 2.45) is 0 Å². The lowest BCUT2D eigenvalue weighted by Crippen LogP contribution is -2.43. The first-order chi connectivity index (χ1) is 8.94. The van der Waals surface area contributed by atoms with E-state index < -0.39 is 0 Å². The van der Waals surface area contributed by atoms with Crippen molar-refractivity contribution in [1.29, 1.82) is 0 Å². The SMILES string of the molecule is CC(C)(C)NC(=O)Nc1cccc(-c2nn[nH]n2)c1. The Balaban J connectivity index is 2.10. The van der Waals surface area contributed by atoms with E-state index in [4.69, 9.17) is 0 Å². The van der Waals surface area contributed by atoms with Crippen LogP contribution < -0.4 is 10.6 Å². The second-order valence-corrected chi connectivity index (χ2v) is 5.15. The van der Waals surface area contributed by atoms with Crippen LogP contribution in [0, 0.1) is 0 Å². The number of rotatable bonds is 2. The smallest absolute Gasteiger partial charge is 0.319 e. The van der Waals surface area contributed by atoms with Crippen LogP contribution in [0.4, 0.5) is 10.5 Å². The van der Waals surface area contributed by atoms with E-state index in [0.29, 0.717) is 11.5 Å². The normalized spacial score (nSPS) is 11.1. The van der Waals surface area contributed by atoms with E-state index in [9.17, 15) is 4.79 Å². The monoisotopic (exact) mass is 260 g/mol. The highest BCUT2D eigenvalue weighted by molar-refractivity contribution is 5.90. The third-order valence-electron chi connectivity index (χ3n) is 2.21. The molecular weight excluding hydrogens is 244 g/mol. The predicted octanol–water partition coefficient (Wildman–Crippen LogP) is 1.79. The highest BCUT2D eigenvalue weighted by Gasteiger charge is 2.13. The molecule has 0 spiro atoms. The molecule has 7 heteroatoms. The zero-order chi connectivity index (χ0) is 13.9. The van der Waals surface area contributed by atoms with Crippen LogP contribution >= 0.6 is 0 Å². The topological polar surface area (TPSA) is 95.6 Å². The van der Waals surface area contributed by atoms with Gasteiger partial charge in [-0.05, 0) is 38.1 Å². The number of tetrazole rings is 1. The number of urea groups is 1. The van der Waals surface area contributed by atoms with Crippen molar-refractivity contribution in [2.45, 2.75) is 26.3 Å². The predicted molar refractivity (Wildman–Crippen MR) is 71.5 cm³/mol. The number of hydrogen-bond donors (Lipinski definition) is 3. The molecule has 19 heavy (non-hydrogen) atoms. The number of benzene rings is 1. The van der Waals surface area contributed by atoms with Gasteiger partial charge in [-0.25, -0.2) is 4.79 Å². The second-order valence-electron chi connectivity index (χ2n) is 5.15. The van der Waals surface area contributed by atoms with Crippen LogP contribution in [0.1, 0.15) is 20.8 Å². The van der Waals surface area contributed by atoms with Gasteiger partial charge in [0.2, 0.25) is 5.82 Å². The molecule has 0 fully saturated rings. The molecule has 0 atom stereocenters. The average molecular weight is 260 g/mol. The molecule has 2 rings (SSSR count). The molecule has 0 saturated carbocycles. The molecule has 3 N–H and O–H groups in total. The largest absolute Gasteiger partial charge is 0.333 e. The number of nitrogens with zero attached hydrogens (tertiary/aromatic N) is 3. The molecule has 2 aromatic rings. The Morgan fingerprint density at radius 2 is 2.11 bits per heavy atom. The third-order valence-corrected chi connectivity index (χ3v) is 2.21. The highest BCUT2D eigenvalue weighted by Crippen LogP contribution is 2.18. The number of H-pyrrole nitrogens is 1. The maximum absolute atomic E-state index is 11.8. The summed E-state index contributed by atoms with van der Waals surface area (Å²) in [6, 6.07) is 6.99. The molecule has 0 unspecified atom stereocenters. The van der Waals surface area contributed by atoms with Crippen LogP contribution in [0.2, 0.25) is 0 Å². The van der Waals surface area contributed by atoms with Crippen molar-refractivity contribution in [1.82, 2.24) is 25.9 Å². The van der Waals surface area contributed by atoms with E-state index in [-0.39, 0.29) is 11.6 Å². The molecule has 7 nitrogen and oxygen atoms in total. The van der Waals surface area contributed by atoms with Gasteiger partial charge in [-0.3, -0.25) is 0 Å². The van der Waals surface area contributed by atoms with Gasteiger partial charge in [0.1, 0.15) is 0 Å². The summed E-state index contributed by atoms with van der Waals surface area (Å²) in [7, 11) is 0. The summed E-state index contributed by atoms with van der Waals surface area (Å²) in [4.78, 5) is 11.8. The van der Waals surface area contributed by atoms with Gasteiger partial charge in [0, 0.05) is 16.8 Å². The minimum absolute atomic E-state index is 0.252. The van der Waals surface area contributed by atoms with Gasteiger partial charge in [0.05, 0.1) is 0 Å². The number of hydrogen-bond acceptors (Lipinski definition) is 4. The van der Waals surface area contributed by atoms with Crippen molar-refractivity contribution in [3.05, 3.63) is 24.3 Å². The summed E-state index contributed by atoms with van der Waals surface area (Å²) < 4.78 is 0. The molecule has 1 heterocycles. The average Bonchev–Trinajstić information content (AvgIpc) is 2.79. The zero-order valence-electron chi connectivity index (χ0n) is 11.1. The Hall–Kier alpha value is -2.44. The second kappa shape index (κ2) is 5.05. The minimum Gasteiger partial charge on any atom is -0.333 e. The molecule has 0 aliphatic rings. The van der Waals surface area contributed by atoms with Crippen molar-refractivity contribution in [2.75, 3.05) is 5.32 Å². The number of carbonyl (C=O) groups excluding carboxylic acids is 1. The molecule has 0 aliphatic carbocycles. The summed E-state index contributed by atoms with van der Waals surface area (Å²) in [6.45, 7) is 5.76. The number of aromatic nitrogens is 4. The van der Waals surface area contributed by atoms with Gasteiger partial charge in [0.15, 0.2) is 0 Å². The van der Waals surface area contributed by atoms with Gasteiger partial charge in [-0.15, -0.1) is 10.2 Å². The summed E-state index contributed by atoms with van der Waals surface area (Å²) in [5.74, 6) is 0.486. The van der Waals surface area contributed by atoms with Crippen molar-refractivity contribution in [3.63, 3.8) is 0 Å². The number of carbonyl (C=O) groups is 1. The fraction of sp³-hybridized carbons (Fsp3) is 0.333. The standard InChI is InChI=1S/C12H16N6O/c1-12(2,3)14-11(19)13-9-6-4-5-8(7-9)10-15-17-18-16-10/h4-7H,1-3H3,(H2,13,14,19)(H,15,16,17,18). The summed E-state index contributed by atoms with van der Waals surface area (Å²) >= 11 is 0. The molecule has 0 bridgehead atoms. The van der Waals surface area contributed by atoms with Crippen LogP contribution in [0.5, 0.6) is 0 Å². The summed E-state index contributed by atoms with van der Waals surface area (Å²) in [6.07, 6.45) is 0. The quantitative estimate of drug-likeness (QED) is 0.767. The lowest BCUT2D eigenvalue weighted by Gasteiger charge is -2.20. The first-order valence-electron chi connectivity index (χ1n) is 5.87. The molecule has 2 amide bonds. The van der Waals surface area contributed by atoms with Crippen LogP contribution in [-0.4, -0.2) is 32.2 Å². The number of aromatic amines is 1.